The number of carbonyl (C=O) groups is 1. The van der Waals surface area contributed by atoms with E-state index in [9.17, 15) is 4.79 Å². The van der Waals surface area contributed by atoms with Crippen molar-refractivity contribution in [3.8, 4) is 0 Å². The fraction of sp³-hybridized carbons (Fsp3) is 0.778. The highest BCUT2D eigenvalue weighted by atomic mass is 16.6. The fourth-order valence-electron chi connectivity index (χ4n) is 3.11. The Bertz CT molecular complexity index is 527. The van der Waals surface area contributed by atoms with Crippen molar-refractivity contribution in [2.45, 2.75) is 59.2 Å². The Labute approximate surface area is 145 Å². The van der Waals surface area contributed by atoms with Crippen LogP contribution in [-0.4, -0.2) is 57.7 Å². The first-order valence-corrected chi connectivity index (χ1v) is 8.95. The first-order valence-electron chi connectivity index (χ1n) is 8.95. The van der Waals surface area contributed by atoms with Gasteiger partial charge >= 0.3 is 6.09 Å². The van der Waals surface area contributed by atoms with Gasteiger partial charge in [-0.3, -0.25) is 4.90 Å². The van der Waals surface area contributed by atoms with Gasteiger partial charge in [0.1, 0.15) is 11.4 Å². The van der Waals surface area contributed by atoms with Crippen LogP contribution in [0, 0.1) is 5.92 Å². The molecule has 0 aromatic carbocycles. The predicted octanol–water partition coefficient (Wildman–Crippen LogP) is 2.98. The number of hydrogen-bond donors (Lipinski definition) is 0. The van der Waals surface area contributed by atoms with E-state index in [1.54, 1.807) is 4.90 Å². The first kappa shape index (κ1) is 18.8. The molecule has 136 valence electrons. The zero-order chi connectivity index (χ0) is 17.7. The number of nitrogens with zero attached hydrogens (tertiary/aromatic N) is 4. The lowest BCUT2D eigenvalue weighted by molar-refractivity contribution is 0.0248. The Morgan fingerprint density at radius 3 is 2.62 bits per heavy atom. The van der Waals surface area contributed by atoms with Crippen LogP contribution < -0.4 is 0 Å². The number of likely N-dealkylation sites (tertiary alicyclic amines) is 1. The summed E-state index contributed by atoms with van der Waals surface area (Å²) in [5.41, 5.74) is -0.435. The molecule has 1 saturated heterocycles. The van der Waals surface area contributed by atoms with E-state index < -0.39 is 5.60 Å². The third-order valence-corrected chi connectivity index (χ3v) is 4.45. The summed E-state index contributed by atoms with van der Waals surface area (Å²) in [6.07, 6.45) is 5.91. The van der Waals surface area contributed by atoms with Gasteiger partial charge in [0.15, 0.2) is 0 Å². The summed E-state index contributed by atoms with van der Waals surface area (Å²) in [5.74, 6) is 1.69. The molecule has 0 unspecified atom stereocenters. The largest absolute Gasteiger partial charge is 0.444 e. The zero-order valence-electron chi connectivity index (χ0n) is 15.8. The summed E-state index contributed by atoms with van der Waals surface area (Å²) in [4.78, 5) is 20.7. The van der Waals surface area contributed by atoms with E-state index in [0.29, 0.717) is 5.92 Å². The summed E-state index contributed by atoms with van der Waals surface area (Å²) >= 11 is 0. The molecule has 1 fully saturated rings. The van der Waals surface area contributed by atoms with Crippen LogP contribution in [0.15, 0.2) is 12.4 Å². The molecule has 1 aliphatic heterocycles. The van der Waals surface area contributed by atoms with Gasteiger partial charge in [-0.2, -0.15) is 0 Å². The van der Waals surface area contributed by atoms with Gasteiger partial charge in [-0.1, -0.05) is 0 Å². The maximum atomic E-state index is 12.1. The van der Waals surface area contributed by atoms with Gasteiger partial charge in [0.25, 0.3) is 0 Å². The molecule has 0 aliphatic carbocycles. The van der Waals surface area contributed by atoms with Gasteiger partial charge in [-0.25, -0.2) is 9.78 Å². The molecule has 1 aromatic rings. The van der Waals surface area contributed by atoms with Crippen LogP contribution in [-0.2, 0) is 17.8 Å². The molecule has 6 heteroatoms. The van der Waals surface area contributed by atoms with Crippen LogP contribution in [0.5, 0.6) is 0 Å². The lowest BCUT2D eigenvalue weighted by Crippen LogP contribution is -2.41. The van der Waals surface area contributed by atoms with Gasteiger partial charge < -0.3 is 14.2 Å². The van der Waals surface area contributed by atoms with Gasteiger partial charge in [0.2, 0.25) is 0 Å². The number of aryl methyl sites for hydroxylation is 1. The van der Waals surface area contributed by atoms with Crippen molar-refractivity contribution in [1.82, 2.24) is 19.4 Å². The van der Waals surface area contributed by atoms with Crippen molar-refractivity contribution in [2.75, 3.05) is 26.7 Å². The van der Waals surface area contributed by atoms with Crippen molar-refractivity contribution < 1.29 is 9.53 Å². The Morgan fingerprint density at radius 1 is 1.38 bits per heavy atom. The minimum atomic E-state index is -0.435. The van der Waals surface area contributed by atoms with Crippen LogP contribution in [0.3, 0.4) is 0 Å². The maximum Gasteiger partial charge on any atom is 0.410 e. The molecule has 0 N–H and O–H groups in total. The number of ether oxygens (including phenoxy) is 1. The normalized spacial score (nSPS) is 17.0. The number of piperidine rings is 1. The summed E-state index contributed by atoms with van der Waals surface area (Å²) in [6.45, 7) is 12.6. The van der Waals surface area contributed by atoms with Crippen LogP contribution >= 0.6 is 0 Å². The van der Waals surface area contributed by atoms with Crippen LogP contribution in [0.2, 0.25) is 0 Å². The average Bonchev–Trinajstić information content (AvgIpc) is 2.94. The highest BCUT2D eigenvalue weighted by molar-refractivity contribution is 5.67. The summed E-state index contributed by atoms with van der Waals surface area (Å²) in [5, 5.41) is 0. The van der Waals surface area contributed by atoms with Crippen molar-refractivity contribution in [3.63, 3.8) is 0 Å². The molecule has 2 heterocycles. The standard InChI is InChI=1S/C18H32N4O2/c1-6-22-12-9-19-16(22)14-21-10-7-15(8-11-21)13-20(5)17(23)24-18(2,3)4/h9,12,15H,6-8,10-11,13-14H2,1-5H3. The lowest BCUT2D eigenvalue weighted by Gasteiger charge is -2.34. The molecule has 0 spiro atoms. The number of amides is 1. The molecule has 24 heavy (non-hydrogen) atoms. The van der Waals surface area contributed by atoms with E-state index in [1.165, 1.54) is 0 Å². The number of carbonyl (C=O) groups excluding carboxylic acids is 1. The molecule has 0 atom stereocenters. The fourth-order valence-corrected chi connectivity index (χ4v) is 3.11. The van der Waals surface area contributed by atoms with Gasteiger partial charge in [0.05, 0.1) is 6.54 Å². The maximum absolute atomic E-state index is 12.1. The van der Waals surface area contributed by atoms with E-state index in [-0.39, 0.29) is 6.09 Å². The topological polar surface area (TPSA) is 50.6 Å². The lowest BCUT2D eigenvalue weighted by atomic mass is 9.96. The molecular weight excluding hydrogens is 304 g/mol. The minimum Gasteiger partial charge on any atom is -0.444 e. The highest BCUT2D eigenvalue weighted by Gasteiger charge is 2.25. The van der Waals surface area contributed by atoms with Crippen molar-refractivity contribution in [2.24, 2.45) is 5.92 Å². The number of imidazole rings is 1. The number of hydrogen-bond acceptors (Lipinski definition) is 4. The smallest absolute Gasteiger partial charge is 0.410 e. The Morgan fingerprint density at radius 2 is 2.04 bits per heavy atom. The second kappa shape index (κ2) is 8.01. The average molecular weight is 336 g/mol. The van der Waals surface area contributed by atoms with E-state index in [0.717, 1.165) is 51.4 Å². The van der Waals surface area contributed by atoms with E-state index >= 15 is 0 Å². The summed E-state index contributed by atoms with van der Waals surface area (Å²) in [7, 11) is 1.83. The van der Waals surface area contributed by atoms with E-state index in [2.05, 4.69) is 21.4 Å². The molecule has 1 amide bonds. The summed E-state index contributed by atoms with van der Waals surface area (Å²) < 4.78 is 7.62. The van der Waals surface area contributed by atoms with Gasteiger partial charge in [0, 0.05) is 32.5 Å². The number of aromatic nitrogens is 2. The quantitative estimate of drug-likeness (QED) is 0.829. The third-order valence-electron chi connectivity index (χ3n) is 4.45. The highest BCUT2D eigenvalue weighted by Crippen LogP contribution is 2.20. The Hall–Kier alpha value is -1.56. The van der Waals surface area contributed by atoms with Crippen LogP contribution in [0.25, 0.3) is 0 Å². The van der Waals surface area contributed by atoms with E-state index in [1.807, 2.05) is 40.2 Å². The summed E-state index contributed by atoms with van der Waals surface area (Å²) in [6, 6.07) is 0. The predicted molar refractivity (Wildman–Crippen MR) is 94.8 cm³/mol. The molecular formula is C18H32N4O2. The molecule has 0 bridgehead atoms. The second-order valence-electron chi connectivity index (χ2n) is 7.71. The first-order chi connectivity index (χ1) is 11.3. The number of rotatable bonds is 5. The van der Waals surface area contributed by atoms with Crippen molar-refractivity contribution >= 4 is 6.09 Å². The van der Waals surface area contributed by atoms with Crippen molar-refractivity contribution in [1.29, 1.82) is 0 Å². The zero-order valence-corrected chi connectivity index (χ0v) is 15.8. The van der Waals surface area contributed by atoms with E-state index in [4.69, 9.17) is 4.74 Å². The molecule has 0 radical (unpaired) electrons. The Balaban J connectivity index is 1.75. The molecule has 6 nitrogen and oxygen atoms in total. The molecule has 1 aromatic heterocycles. The monoisotopic (exact) mass is 336 g/mol. The van der Waals surface area contributed by atoms with Crippen LogP contribution in [0.4, 0.5) is 4.79 Å². The SMILES string of the molecule is CCn1ccnc1CN1CCC(CN(C)C(=O)OC(C)(C)C)CC1. The molecule has 2 rings (SSSR count). The minimum absolute atomic E-state index is 0.227. The van der Waals surface area contributed by atoms with Crippen LogP contribution in [0.1, 0.15) is 46.4 Å². The second-order valence-corrected chi connectivity index (χ2v) is 7.71. The van der Waals surface area contributed by atoms with Gasteiger partial charge in [-0.05, 0) is 59.5 Å². The van der Waals surface area contributed by atoms with Crippen molar-refractivity contribution in [3.05, 3.63) is 18.2 Å². The Kier molecular flexibility index (Phi) is 6.27. The molecule has 0 saturated carbocycles. The third kappa shape index (κ3) is 5.51. The molecule has 1 aliphatic rings. The van der Waals surface area contributed by atoms with Gasteiger partial charge in [-0.15, -0.1) is 0 Å².